The normalized spacial score (nSPS) is 16.5. The molecule has 0 radical (unpaired) electrons. The summed E-state index contributed by atoms with van der Waals surface area (Å²) in [6.45, 7) is 2.29. The lowest BCUT2D eigenvalue weighted by Gasteiger charge is -2.15. The molecule has 1 aromatic rings. The highest BCUT2D eigenvalue weighted by molar-refractivity contribution is 7.98. The van der Waals surface area contributed by atoms with Gasteiger partial charge >= 0.3 is 0 Å². The molecule has 0 atom stereocenters. The predicted octanol–water partition coefficient (Wildman–Crippen LogP) is 1.80. The highest BCUT2D eigenvalue weighted by Crippen LogP contribution is 2.20. The topological polar surface area (TPSA) is 29.0 Å². The Kier molecular flexibility index (Phi) is 2.68. The van der Waals surface area contributed by atoms with Gasteiger partial charge < -0.3 is 4.90 Å². The molecular weight excluding hydrogens is 182 g/mol. The van der Waals surface area contributed by atoms with E-state index in [1.54, 1.807) is 18.1 Å². The number of hydrogen-bond donors (Lipinski definition) is 0. The van der Waals surface area contributed by atoms with Gasteiger partial charge in [0.1, 0.15) is 17.2 Å². The molecule has 4 heteroatoms. The fourth-order valence-corrected chi connectivity index (χ4v) is 1.94. The first-order chi connectivity index (χ1) is 6.40. The van der Waals surface area contributed by atoms with E-state index in [9.17, 15) is 0 Å². The number of thioether (sulfide) groups is 1. The summed E-state index contributed by atoms with van der Waals surface area (Å²) < 4.78 is 0. The summed E-state index contributed by atoms with van der Waals surface area (Å²) in [5, 5.41) is 1.05. The number of anilines is 1. The van der Waals surface area contributed by atoms with Crippen LogP contribution in [-0.4, -0.2) is 29.3 Å². The SMILES string of the molecule is CSc1cc(N2CCCC2)ncn1. The highest BCUT2D eigenvalue weighted by Gasteiger charge is 2.13. The molecule has 0 aliphatic carbocycles. The van der Waals surface area contributed by atoms with Gasteiger partial charge in [-0.1, -0.05) is 0 Å². The van der Waals surface area contributed by atoms with Crippen molar-refractivity contribution >= 4 is 17.6 Å². The zero-order valence-electron chi connectivity index (χ0n) is 7.73. The number of hydrogen-bond acceptors (Lipinski definition) is 4. The third-order valence-electron chi connectivity index (χ3n) is 2.27. The molecule has 1 aromatic heterocycles. The van der Waals surface area contributed by atoms with E-state index in [2.05, 4.69) is 20.9 Å². The highest BCUT2D eigenvalue weighted by atomic mass is 32.2. The molecular formula is C9H13N3S. The van der Waals surface area contributed by atoms with E-state index in [4.69, 9.17) is 0 Å². The van der Waals surface area contributed by atoms with Crippen molar-refractivity contribution in [2.45, 2.75) is 17.9 Å². The molecule has 0 amide bonds. The molecule has 0 unspecified atom stereocenters. The Morgan fingerprint density at radius 1 is 1.31 bits per heavy atom. The van der Waals surface area contributed by atoms with Crippen LogP contribution in [0, 0.1) is 0 Å². The first kappa shape index (κ1) is 8.81. The average molecular weight is 195 g/mol. The van der Waals surface area contributed by atoms with E-state index in [-0.39, 0.29) is 0 Å². The number of aromatic nitrogens is 2. The van der Waals surface area contributed by atoms with Crippen molar-refractivity contribution < 1.29 is 0 Å². The molecule has 1 fully saturated rings. The van der Waals surface area contributed by atoms with Gasteiger partial charge in [0.2, 0.25) is 0 Å². The maximum atomic E-state index is 4.27. The molecule has 1 aliphatic heterocycles. The van der Waals surface area contributed by atoms with Crippen LogP contribution in [0.4, 0.5) is 5.82 Å². The van der Waals surface area contributed by atoms with Crippen LogP contribution in [0.3, 0.4) is 0 Å². The monoisotopic (exact) mass is 195 g/mol. The van der Waals surface area contributed by atoms with Gasteiger partial charge in [-0.2, -0.15) is 0 Å². The molecule has 2 rings (SSSR count). The molecule has 3 nitrogen and oxygen atoms in total. The lowest BCUT2D eigenvalue weighted by atomic mass is 10.4. The van der Waals surface area contributed by atoms with Crippen molar-refractivity contribution in [3.8, 4) is 0 Å². The molecule has 0 N–H and O–H groups in total. The summed E-state index contributed by atoms with van der Waals surface area (Å²) in [5.74, 6) is 1.08. The molecule has 2 heterocycles. The minimum atomic E-state index is 1.05. The van der Waals surface area contributed by atoms with Crippen molar-refractivity contribution in [2.75, 3.05) is 24.2 Å². The smallest absolute Gasteiger partial charge is 0.133 e. The first-order valence-corrected chi connectivity index (χ1v) is 5.73. The Morgan fingerprint density at radius 3 is 2.77 bits per heavy atom. The maximum absolute atomic E-state index is 4.27. The van der Waals surface area contributed by atoms with Crippen LogP contribution < -0.4 is 4.90 Å². The Morgan fingerprint density at radius 2 is 2.08 bits per heavy atom. The van der Waals surface area contributed by atoms with Gasteiger partial charge in [-0.05, 0) is 19.1 Å². The summed E-state index contributed by atoms with van der Waals surface area (Å²) in [7, 11) is 0. The van der Waals surface area contributed by atoms with Crippen LogP contribution >= 0.6 is 11.8 Å². The molecule has 0 saturated carbocycles. The largest absolute Gasteiger partial charge is 0.356 e. The Hall–Kier alpha value is -0.770. The standard InChI is InChI=1S/C9H13N3S/c1-13-9-6-8(10-7-11-9)12-4-2-3-5-12/h6-7H,2-5H2,1H3. The van der Waals surface area contributed by atoms with Crippen LogP contribution in [0.15, 0.2) is 17.4 Å². The van der Waals surface area contributed by atoms with Gasteiger partial charge in [0, 0.05) is 19.2 Å². The van der Waals surface area contributed by atoms with E-state index in [0.29, 0.717) is 0 Å². The number of rotatable bonds is 2. The number of nitrogens with zero attached hydrogens (tertiary/aromatic N) is 3. The molecule has 1 aliphatic rings. The summed E-state index contributed by atoms with van der Waals surface area (Å²) in [6, 6.07) is 2.07. The molecule has 0 aromatic carbocycles. The van der Waals surface area contributed by atoms with Gasteiger partial charge in [-0.25, -0.2) is 9.97 Å². The molecule has 70 valence electrons. The lowest BCUT2D eigenvalue weighted by molar-refractivity contribution is 0.909. The van der Waals surface area contributed by atoms with Crippen molar-refractivity contribution in [3.63, 3.8) is 0 Å². The second-order valence-corrected chi connectivity index (χ2v) is 3.94. The Bertz CT molecular complexity index is 284. The van der Waals surface area contributed by atoms with E-state index >= 15 is 0 Å². The van der Waals surface area contributed by atoms with E-state index in [1.165, 1.54) is 12.8 Å². The summed E-state index contributed by atoms with van der Waals surface area (Å²) >= 11 is 1.66. The molecule has 0 spiro atoms. The molecule has 0 bridgehead atoms. The average Bonchev–Trinajstić information content (AvgIpc) is 2.71. The molecule has 1 saturated heterocycles. The maximum Gasteiger partial charge on any atom is 0.133 e. The van der Waals surface area contributed by atoms with Crippen molar-refractivity contribution in [1.82, 2.24) is 9.97 Å². The van der Waals surface area contributed by atoms with Gasteiger partial charge in [0.05, 0.1) is 0 Å². The van der Waals surface area contributed by atoms with Crippen molar-refractivity contribution in [1.29, 1.82) is 0 Å². The third-order valence-corrected chi connectivity index (χ3v) is 2.91. The van der Waals surface area contributed by atoms with Gasteiger partial charge in [0.15, 0.2) is 0 Å². The summed E-state index contributed by atoms with van der Waals surface area (Å²) in [6.07, 6.45) is 6.27. The zero-order valence-corrected chi connectivity index (χ0v) is 8.55. The van der Waals surface area contributed by atoms with Crippen LogP contribution in [0.1, 0.15) is 12.8 Å². The van der Waals surface area contributed by atoms with Crippen LogP contribution in [0.2, 0.25) is 0 Å². The van der Waals surface area contributed by atoms with Crippen molar-refractivity contribution in [3.05, 3.63) is 12.4 Å². The third kappa shape index (κ3) is 1.94. The fourth-order valence-electron chi connectivity index (χ4n) is 1.56. The van der Waals surface area contributed by atoms with E-state index < -0.39 is 0 Å². The quantitative estimate of drug-likeness (QED) is 0.531. The Labute approximate surface area is 82.6 Å². The van der Waals surface area contributed by atoms with Gasteiger partial charge in [0.25, 0.3) is 0 Å². The second-order valence-electron chi connectivity index (χ2n) is 3.11. The minimum Gasteiger partial charge on any atom is -0.356 e. The minimum absolute atomic E-state index is 1.05. The van der Waals surface area contributed by atoms with E-state index in [0.717, 1.165) is 23.9 Å². The predicted molar refractivity (Wildman–Crippen MR) is 55.3 cm³/mol. The van der Waals surface area contributed by atoms with Gasteiger partial charge in [-0.15, -0.1) is 11.8 Å². The summed E-state index contributed by atoms with van der Waals surface area (Å²) in [4.78, 5) is 10.7. The second kappa shape index (κ2) is 3.96. The molecule has 13 heavy (non-hydrogen) atoms. The Balaban J connectivity index is 2.18. The summed E-state index contributed by atoms with van der Waals surface area (Å²) in [5.41, 5.74) is 0. The van der Waals surface area contributed by atoms with Crippen molar-refractivity contribution in [2.24, 2.45) is 0 Å². The zero-order chi connectivity index (χ0) is 9.10. The van der Waals surface area contributed by atoms with Crippen LogP contribution in [0.5, 0.6) is 0 Å². The first-order valence-electron chi connectivity index (χ1n) is 4.51. The van der Waals surface area contributed by atoms with E-state index in [1.807, 2.05) is 6.26 Å². The van der Waals surface area contributed by atoms with Crippen LogP contribution in [0.25, 0.3) is 0 Å². The van der Waals surface area contributed by atoms with Crippen LogP contribution in [-0.2, 0) is 0 Å². The van der Waals surface area contributed by atoms with Gasteiger partial charge in [-0.3, -0.25) is 0 Å². The fraction of sp³-hybridized carbons (Fsp3) is 0.556. The lowest BCUT2D eigenvalue weighted by Crippen LogP contribution is -2.18.